The SMILES string of the molecule is CS(=O)(=O)CCS(=O)(=O)CC(=O)c1ccc(F)cc1F. The third-order valence-electron chi connectivity index (χ3n) is 2.35. The van der Waals surface area contributed by atoms with Crippen LogP contribution in [0.25, 0.3) is 0 Å². The van der Waals surface area contributed by atoms with Crippen molar-refractivity contribution in [1.29, 1.82) is 0 Å². The van der Waals surface area contributed by atoms with E-state index in [1.54, 1.807) is 0 Å². The molecule has 0 saturated carbocycles. The molecule has 9 heteroatoms. The molecule has 1 aromatic rings. The fraction of sp³-hybridized carbons (Fsp3) is 0.364. The third kappa shape index (κ3) is 5.33. The Hall–Kier alpha value is -1.35. The highest BCUT2D eigenvalue weighted by Crippen LogP contribution is 2.11. The second-order valence-electron chi connectivity index (χ2n) is 4.27. The monoisotopic (exact) mass is 326 g/mol. The molecule has 0 N–H and O–H groups in total. The molecule has 0 atom stereocenters. The molecule has 0 heterocycles. The van der Waals surface area contributed by atoms with Gasteiger partial charge in [0, 0.05) is 12.3 Å². The maximum Gasteiger partial charge on any atom is 0.180 e. The number of sulfone groups is 2. The highest BCUT2D eigenvalue weighted by molar-refractivity contribution is 7.95. The van der Waals surface area contributed by atoms with Crippen LogP contribution in [0.5, 0.6) is 0 Å². The molecule has 0 aromatic heterocycles. The van der Waals surface area contributed by atoms with Gasteiger partial charge >= 0.3 is 0 Å². The fourth-order valence-electron chi connectivity index (χ4n) is 1.34. The first-order valence-electron chi connectivity index (χ1n) is 5.36. The van der Waals surface area contributed by atoms with Gasteiger partial charge < -0.3 is 0 Å². The van der Waals surface area contributed by atoms with Gasteiger partial charge in [-0.25, -0.2) is 25.6 Å². The van der Waals surface area contributed by atoms with Gasteiger partial charge in [-0.3, -0.25) is 4.79 Å². The number of benzene rings is 1. The van der Waals surface area contributed by atoms with Crippen LogP contribution in [-0.2, 0) is 19.7 Å². The number of rotatable bonds is 6. The summed E-state index contributed by atoms with van der Waals surface area (Å²) in [6, 6.07) is 2.15. The van der Waals surface area contributed by atoms with Crippen molar-refractivity contribution in [2.24, 2.45) is 0 Å². The molecule has 112 valence electrons. The Morgan fingerprint density at radius 2 is 1.70 bits per heavy atom. The zero-order chi connectivity index (χ0) is 15.6. The highest BCUT2D eigenvalue weighted by atomic mass is 32.2. The molecule has 0 bridgehead atoms. The van der Waals surface area contributed by atoms with E-state index in [1.807, 2.05) is 0 Å². The van der Waals surface area contributed by atoms with Crippen molar-refractivity contribution in [3.63, 3.8) is 0 Å². The number of ketones is 1. The summed E-state index contributed by atoms with van der Waals surface area (Å²) in [5.41, 5.74) is -0.547. The van der Waals surface area contributed by atoms with E-state index in [4.69, 9.17) is 0 Å². The summed E-state index contributed by atoms with van der Waals surface area (Å²) in [4.78, 5) is 11.6. The van der Waals surface area contributed by atoms with Gasteiger partial charge in [0.2, 0.25) is 0 Å². The minimum absolute atomic E-state index is 0.469. The van der Waals surface area contributed by atoms with Crippen LogP contribution >= 0.6 is 0 Å². The van der Waals surface area contributed by atoms with Crippen LogP contribution in [-0.4, -0.2) is 46.1 Å². The Labute approximate surface area is 115 Å². The smallest absolute Gasteiger partial charge is 0.180 e. The topological polar surface area (TPSA) is 85.3 Å². The van der Waals surface area contributed by atoms with Gasteiger partial charge in [-0.05, 0) is 12.1 Å². The minimum Gasteiger partial charge on any atom is -0.293 e. The van der Waals surface area contributed by atoms with E-state index in [-0.39, 0.29) is 0 Å². The first kappa shape index (κ1) is 16.7. The van der Waals surface area contributed by atoms with Gasteiger partial charge in [0.1, 0.15) is 27.2 Å². The standard InChI is InChI=1S/C11H12F2O5S2/c1-19(15,16)4-5-20(17,18)7-11(14)9-3-2-8(12)6-10(9)13/h2-3,6H,4-5,7H2,1H3. The number of carbonyl (C=O) groups is 1. The number of Topliss-reactive ketones (excluding diaryl/α,β-unsaturated/α-hetero) is 1. The van der Waals surface area contributed by atoms with E-state index < -0.39 is 59.9 Å². The summed E-state index contributed by atoms with van der Waals surface area (Å²) in [5, 5.41) is 0. The van der Waals surface area contributed by atoms with Crippen LogP contribution in [0.1, 0.15) is 10.4 Å². The average Bonchev–Trinajstić information content (AvgIpc) is 2.24. The van der Waals surface area contributed by atoms with Gasteiger partial charge in [-0.15, -0.1) is 0 Å². The number of hydrogen-bond acceptors (Lipinski definition) is 5. The Morgan fingerprint density at radius 1 is 1.10 bits per heavy atom. The van der Waals surface area contributed by atoms with Crippen molar-refractivity contribution in [2.45, 2.75) is 0 Å². The van der Waals surface area contributed by atoms with Crippen molar-refractivity contribution in [3.05, 3.63) is 35.4 Å². The molecule has 0 radical (unpaired) electrons. The predicted octanol–water partition coefficient (Wildman–Crippen LogP) is 0.607. The molecular formula is C11H12F2O5S2. The molecule has 0 aliphatic heterocycles. The van der Waals surface area contributed by atoms with Crippen molar-refractivity contribution < 1.29 is 30.4 Å². The molecule has 0 unspecified atom stereocenters. The molecule has 0 amide bonds. The Kier molecular flexibility index (Phi) is 4.98. The Bertz CT molecular complexity index is 723. The first-order chi connectivity index (χ1) is 9.00. The zero-order valence-electron chi connectivity index (χ0n) is 10.5. The lowest BCUT2D eigenvalue weighted by atomic mass is 10.1. The molecule has 5 nitrogen and oxygen atoms in total. The molecule has 0 fully saturated rings. The summed E-state index contributed by atoms with van der Waals surface area (Å²) < 4.78 is 70.8. The number of hydrogen-bond donors (Lipinski definition) is 0. The van der Waals surface area contributed by atoms with Crippen LogP contribution in [0.2, 0.25) is 0 Å². The van der Waals surface area contributed by atoms with Crippen molar-refractivity contribution >= 4 is 25.5 Å². The van der Waals surface area contributed by atoms with E-state index in [0.29, 0.717) is 6.07 Å². The van der Waals surface area contributed by atoms with Gasteiger partial charge in [0.25, 0.3) is 0 Å². The molecule has 0 aliphatic carbocycles. The van der Waals surface area contributed by atoms with Crippen LogP contribution in [0, 0.1) is 11.6 Å². The molecule has 0 aliphatic rings. The lowest BCUT2D eigenvalue weighted by Crippen LogP contribution is -2.24. The van der Waals surface area contributed by atoms with Crippen LogP contribution in [0.3, 0.4) is 0 Å². The van der Waals surface area contributed by atoms with Crippen LogP contribution in [0.15, 0.2) is 18.2 Å². The molecule has 1 aromatic carbocycles. The second kappa shape index (κ2) is 5.96. The maximum atomic E-state index is 13.3. The lowest BCUT2D eigenvalue weighted by Gasteiger charge is -2.04. The zero-order valence-corrected chi connectivity index (χ0v) is 12.1. The maximum absolute atomic E-state index is 13.3. The first-order valence-corrected chi connectivity index (χ1v) is 9.25. The van der Waals surface area contributed by atoms with Crippen LogP contribution in [0.4, 0.5) is 8.78 Å². The van der Waals surface area contributed by atoms with Crippen LogP contribution < -0.4 is 0 Å². The lowest BCUT2D eigenvalue weighted by molar-refractivity contribution is 0.101. The van der Waals surface area contributed by atoms with Gasteiger partial charge in [0.05, 0.1) is 17.1 Å². The van der Waals surface area contributed by atoms with Gasteiger partial charge in [-0.2, -0.15) is 0 Å². The normalized spacial score (nSPS) is 12.3. The van der Waals surface area contributed by atoms with Gasteiger partial charge in [0.15, 0.2) is 15.6 Å². The predicted molar refractivity (Wildman–Crippen MR) is 69.1 cm³/mol. The largest absolute Gasteiger partial charge is 0.293 e. The molecule has 0 spiro atoms. The van der Waals surface area contributed by atoms with E-state index >= 15 is 0 Å². The van der Waals surface area contributed by atoms with E-state index in [9.17, 15) is 30.4 Å². The molecule has 20 heavy (non-hydrogen) atoms. The average molecular weight is 326 g/mol. The quantitative estimate of drug-likeness (QED) is 0.715. The fourth-order valence-corrected chi connectivity index (χ4v) is 4.27. The molecular weight excluding hydrogens is 314 g/mol. The van der Waals surface area contributed by atoms with Crippen molar-refractivity contribution in [3.8, 4) is 0 Å². The Morgan fingerprint density at radius 3 is 2.20 bits per heavy atom. The van der Waals surface area contributed by atoms with E-state index in [2.05, 4.69) is 0 Å². The Balaban J connectivity index is 2.84. The summed E-state index contributed by atoms with van der Waals surface area (Å²) in [7, 11) is -7.46. The highest BCUT2D eigenvalue weighted by Gasteiger charge is 2.22. The minimum atomic E-state index is -3.98. The summed E-state index contributed by atoms with van der Waals surface area (Å²) in [6.45, 7) is 0. The molecule has 1 rings (SSSR count). The van der Waals surface area contributed by atoms with E-state index in [0.717, 1.165) is 18.4 Å². The van der Waals surface area contributed by atoms with Crippen molar-refractivity contribution in [2.75, 3.05) is 23.5 Å². The number of carbonyl (C=O) groups excluding carboxylic acids is 1. The number of halogens is 2. The summed E-state index contributed by atoms with van der Waals surface area (Å²) in [6.07, 6.45) is 0.865. The molecule has 0 saturated heterocycles. The van der Waals surface area contributed by atoms with Crippen molar-refractivity contribution in [1.82, 2.24) is 0 Å². The summed E-state index contributed by atoms with van der Waals surface area (Å²) >= 11 is 0. The van der Waals surface area contributed by atoms with E-state index in [1.165, 1.54) is 0 Å². The van der Waals surface area contributed by atoms with Gasteiger partial charge in [-0.1, -0.05) is 0 Å². The third-order valence-corrected chi connectivity index (χ3v) is 5.08. The summed E-state index contributed by atoms with van der Waals surface area (Å²) in [5.74, 6) is -5.46. The second-order valence-corrected chi connectivity index (χ2v) is 8.71.